The van der Waals surface area contributed by atoms with Crippen molar-refractivity contribution in [2.24, 2.45) is 0 Å². The number of ketones is 1. The molecule has 1 aromatic heterocycles. The van der Waals surface area contributed by atoms with Crippen molar-refractivity contribution in [3.8, 4) is 0 Å². The van der Waals surface area contributed by atoms with Crippen LogP contribution in [0.15, 0.2) is 42.9 Å². The van der Waals surface area contributed by atoms with E-state index in [1.165, 1.54) is 12.4 Å². The van der Waals surface area contributed by atoms with Gasteiger partial charge in [-0.05, 0) is 34.7 Å². The molecule has 0 radical (unpaired) electrons. The Hall–Kier alpha value is -1.30. The van der Waals surface area contributed by atoms with Gasteiger partial charge in [0.2, 0.25) is 5.78 Å². The third-order valence-electron chi connectivity index (χ3n) is 1.88. The van der Waals surface area contributed by atoms with E-state index in [0.717, 1.165) is 3.57 Å². The number of rotatable bonds is 2. The van der Waals surface area contributed by atoms with Crippen LogP contribution in [-0.4, -0.2) is 15.8 Å². The van der Waals surface area contributed by atoms with Crippen molar-refractivity contribution >= 4 is 28.4 Å². The van der Waals surface area contributed by atoms with Crippen LogP contribution in [-0.2, 0) is 0 Å². The first-order chi connectivity index (χ1) is 7.27. The molecule has 1 heterocycles. The number of carbonyl (C=O) groups is 1. The number of hydrogen-bond donors (Lipinski definition) is 0. The molecule has 0 aliphatic carbocycles. The van der Waals surface area contributed by atoms with E-state index in [9.17, 15) is 4.79 Å². The van der Waals surface area contributed by atoms with Crippen LogP contribution < -0.4 is 0 Å². The molecule has 4 heteroatoms. The molecule has 2 rings (SSSR count). The van der Waals surface area contributed by atoms with Gasteiger partial charge in [0.1, 0.15) is 5.69 Å². The van der Waals surface area contributed by atoms with E-state index in [0.29, 0.717) is 11.3 Å². The molecule has 0 fully saturated rings. The largest absolute Gasteiger partial charge is 0.287 e. The zero-order valence-electron chi connectivity index (χ0n) is 7.72. The van der Waals surface area contributed by atoms with E-state index < -0.39 is 0 Å². The molecule has 0 saturated carbocycles. The molecule has 0 amide bonds. The number of hydrogen-bond acceptors (Lipinski definition) is 3. The zero-order chi connectivity index (χ0) is 10.7. The van der Waals surface area contributed by atoms with Gasteiger partial charge < -0.3 is 0 Å². The molecule has 0 saturated heterocycles. The van der Waals surface area contributed by atoms with Crippen LogP contribution in [0.2, 0.25) is 0 Å². The molecule has 0 aliphatic rings. The zero-order valence-corrected chi connectivity index (χ0v) is 9.88. The minimum atomic E-state index is -0.0957. The van der Waals surface area contributed by atoms with Gasteiger partial charge in [0, 0.05) is 21.5 Å². The molecule has 2 aromatic rings. The quantitative estimate of drug-likeness (QED) is 0.631. The Bertz CT molecular complexity index is 485. The molecule has 1 aromatic carbocycles. The summed E-state index contributed by atoms with van der Waals surface area (Å²) in [5.74, 6) is -0.0957. The van der Waals surface area contributed by atoms with Crippen molar-refractivity contribution in [3.05, 3.63) is 57.7 Å². The summed E-state index contributed by atoms with van der Waals surface area (Å²) in [6.45, 7) is 0. The van der Waals surface area contributed by atoms with Crippen molar-refractivity contribution in [2.45, 2.75) is 0 Å². The molecule has 15 heavy (non-hydrogen) atoms. The first-order valence-electron chi connectivity index (χ1n) is 4.33. The van der Waals surface area contributed by atoms with Crippen molar-refractivity contribution < 1.29 is 4.79 Å². The molecule has 74 valence electrons. The number of aromatic nitrogens is 2. The molecule has 0 N–H and O–H groups in total. The van der Waals surface area contributed by atoms with E-state index in [4.69, 9.17) is 0 Å². The van der Waals surface area contributed by atoms with Crippen molar-refractivity contribution in [3.63, 3.8) is 0 Å². The highest BCUT2D eigenvalue weighted by Gasteiger charge is 2.09. The predicted molar refractivity (Wildman–Crippen MR) is 64.6 cm³/mol. The van der Waals surface area contributed by atoms with Gasteiger partial charge in [-0.1, -0.05) is 12.1 Å². The van der Waals surface area contributed by atoms with Gasteiger partial charge in [-0.3, -0.25) is 9.78 Å². The van der Waals surface area contributed by atoms with Crippen LogP contribution in [0, 0.1) is 3.57 Å². The van der Waals surface area contributed by atoms with E-state index in [1.807, 2.05) is 18.2 Å². The molecule has 0 bridgehead atoms. The van der Waals surface area contributed by atoms with Gasteiger partial charge in [-0.2, -0.15) is 0 Å². The average molecular weight is 310 g/mol. The second kappa shape index (κ2) is 4.48. The van der Waals surface area contributed by atoms with Crippen LogP contribution in [0.4, 0.5) is 0 Å². The third-order valence-corrected chi connectivity index (χ3v) is 2.55. The Morgan fingerprint density at radius 3 is 2.80 bits per heavy atom. The lowest BCUT2D eigenvalue weighted by Crippen LogP contribution is -2.04. The number of nitrogens with zero attached hydrogens (tertiary/aromatic N) is 2. The van der Waals surface area contributed by atoms with Crippen molar-refractivity contribution in [2.75, 3.05) is 0 Å². The average Bonchev–Trinajstić information content (AvgIpc) is 2.29. The lowest BCUT2D eigenvalue weighted by Gasteiger charge is -1.99. The van der Waals surface area contributed by atoms with Gasteiger partial charge >= 0.3 is 0 Å². The minimum absolute atomic E-state index is 0.0957. The Morgan fingerprint density at radius 2 is 2.13 bits per heavy atom. The number of halogens is 1. The summed E-state index contributed by atoms with van der Waals surface area (Å²) in [4.78, 5) is 19.7. The molecule has 3 nitrogen and oxygen atoms in total. The lowest BCUT2D eigenvalue weighted by molar-refractivity contribution is 0.103. The van der Waals surface area contributed by atoms with Gasteiger partial charge in [0.05, 0.1) is 6.20 Å². The maximum Gasteiger partial charge on any atom is 0.212 e. The first kappa shape index (κ1) is 10.2. The Balaban J connectivity index is 2.37. The minimum Gasteiger partial charge on any atom is -0.287 e. The fourth-order valence-corrected chi connectivity index (χ4v) is 1.74. The lowest BCUT2D eigenvalue weighted by atomic mass is 10.1. The Morgan fingerprint density at radius 1 is 1.27 bits per heavy atom. The fourth-order valence-electron chi connectivity index (χ4n) is 1.19. The van der Waals surface area contributed by atoms with E-state index >= 15 is 0 Å². The van der Waals surface area contributed by atoms with Gasteiger partial charge in [-0.15, -0.1) is 0 Å². The summed E-state index contributed by atoms with van der Waals surface area (Å²) in [6.07, 6.45) is 4.54. The summed E-state index contributed by atoms with van der Waals surface area (Å²) >= 11 is 2.17. The molecule has 0 spiro atoms. The van der Waals surface area contributed by atoms with E-state index in [2.05, 4.69) is 32.6 Å². The summed E-state index contributed by atoms with van der Waals surface area (Å²) in [6, 6.07) is 7.40. The third kappa shape index (κ3) is 2.38. The summed E-state index contributed by atoms with van der Waals surface area (Å²) in [7, 11) is 0. The maximum atomic E-state index is 11.9. The standard InChI is InChI=1S/C11H7IN2O/c12-9-3-1-2-8(6-9)11(15)10-7-13-4-5-14-10/h1-7H. The van der Waals surface area contributed by atoms with E-state index in [1.54, 1.807) is 12.3 Å². The molecule has 0 atom stereocenters. The van der Waals surface area contributed by atoms with Gasteiger partial charge in [0.25, 0.3) is 0 Å². The summed E-state index contributed by atoms with van der Waals surface area (Å²) in [5, 5.41) is 0. The van der Waals surface area contributed by atoms with Crippen LogP contribution in [0.5, 0.6) is 0 Å². The second-order valence-corrected chi connectivity index (χ2v) is 4.18. The smallest absolute Gasteiger partial charge is 0.212 e. The summed E-state index contributed by atoms with van der Waals surface area (Å²) in [5.41, 5.74) is 1.02. The number of carbonyl (C=O) groups excluding carboxylic acids is 1. The highest BCUT2D eigenvalue weighted by molar-refractivity contribution is 14.1. The van der Waals surface area contributed by atoms with Crippen LogP contribution in [0.3, 0.4) is 0 Å². The molecular formula is C11H7IN2O. The van der Waals surface area contributed by atoms with Crippen molar-refractivity contribution in [1.29, 1.82) is 0 Å². The summed E-state index contributed by atoms with van der Waals surface area (Å²) < 4.78 is 1.03. The SMILES string of the molecule is O=C(c1cccc(I)c1)c1cnccn1. The highest BCUT2D eigenvalue weighted by atomic mass is 127. The predicted octanol–water partition coefficient (Wildman–Crippen LogP) is 2.31. The maximum absolute atomic E-state index is 11.9. The highest BCUT2D eigenvalue weighted by Crippen LogP contribution is 2.11. The van der Waals surface area contributed by atoms with Crippen LogP contribution in [0.25, 0.3) is 0 Å². The topological polar surface area (TPSA) is 42.9 Å². The molecule has 0 aliphatic heterocycles. The molecular weight excluding hydrogens is 303 g/mol. The van der Waals surface area contributed by atoms with Crippen LogP contribution >= 0.6 is 22.6 Å². The van der Waals surface area contributed by atoms with Gasteiger partial charge in [-0.25, -0.2) is 4.98 Å². The normalized spacial score (nSPS) is 9.93. The Labute approximate surface area is 101 Å². The molecule has 0 unspecified atom stereocenters. The van der Waals surface area contributed by atoms with E-state index in [-0.39, 0.29) is 5.78 Å². The second-order valence-electron chi connectivity index (χ2n) is 2.93. The van der Waals surface area contributed by atoms with Crippen LogP contribution in [0.1, 0.15) is 16.1 Å². The van der Waals surface area contributed by atoms with Crippen molar-refractivity contribution in [1.82, 2.24) is 9.97 Å². The fraction of sp³-hybridized carbons (Fsp3) is 0. The first-order valence-corrected chi connectivity index (χ1v) is 5.41. The number of benzene rings is 1. The van der Waals surface area contributed by atoms with Gasteiger partial charge in [0.15, 0.2) is 0 Å². The monoisotopic (exact) mass is 310 g/mol. The Kier molecular flexibility index (Phi) is 3.05.